The van der Waals surface area contributed by atoms with E-state index in [1.54, 1.807) is 6.20 Å². The van der Waals surface area contributed by atoms with Crippen molar-refractivity contribution in [3.05, 3.63) is 68.5 Å². The Kier molecular flexibility index (Phi) is 3.19. The number of fused-ring (bicyclic) bond motifs is 1. The van der Waals surface area contributed by atoms with Crippen LogP contribution in [0, 0.1) is 0 Å². The molecule has 0 aliphatic carbocycles. The Bertz CT molecular complexity index is 819. The zero-order chi connectivity index (χ0) is 13.2. The van der Waals surface area contributed by atoms with Gasteiger partial charge in [-0.05, 0) is 23.8 Å². The molecule has 3 aromatic rings. The third-order valence-electron chi connectivity index (χ3n) is 2.62. The summed E-state index contributed by atoms with van der Waals surface area (Å²) < 4.78 is 1.53. The molecule has 0 saturated heterocycles. The summed E-state index contributed by atoms with van der Waals surface area (Å²) >= 11 is 7.35. The van der Waals surface area contributed by atoms with Gasteiger partial charge in [0.05, 0.1) is 5.69 Å². The van der Waals surface area contributed by atoms with Gasteiger partial charge in [-0.15, -0.1) is 11.3 Å². The van der Waals surface area contributed by atoms with Crippen molar-refractivity contribution in [1.29, 1.82) is 0 Å². The Balaban J connectivity index is 1.99. The van der Waals surface area contributed by atoms with Gasteiger partial charge >= 0.3 is 0 Å². The molecule has 0 saturated carbocycles. The molecule has 0 atom stereocenters. The zero-order valence-electron chi connectivity index (χ0n) is 9.79. The molecule has 0 N–H and O–H groups in total. The summed E-state index contributed by atoms with van der Waals surface area (Å²) in [6, 6.07) is 9.02. The van der Waals surface area contributed by atoms with Crippen molar-refractivity contribution < 1.29 is 0 Å². The predicted molar refractivity (Wildman–Crippen MR) is 79.7 cm³/mol. The van der Waals surface area contributed by atoms with Gasteiger partial charge in [0.1, 0.15) is 0 Å². The SMILES string of the molecule is O=c1cc(C=Cc2cccc(Cl)c2)nc2sccn12. The lowest BCUT2D eigenvalue weighted by molar-refractivity contribution is 1.07. The fourth-order valence-corrected chi connectivity index (χ4v) is 2.66. The molecule has 0 unspecified atom stereocenters. The van der Waals surface area contributed by atoms with Gasteiger partial charge in [-0.25, -0.2) is 4.98 Å². The maximum absolute atomic E-state index is 11.8. The number of rotatable bonds is 2. The van der Waals surface area contributed by atoms with E-state index in [1.165, 1.54) is 21.8 Å². The molecule has 2 heterocycles. The highest BCUT2D eigenvalue weighted by molar-refractivity contribution is 7.15. The van der Waals surface area contributed by atoms with Crippen LogP contribution in [0.4, 0.5) is 0 Å². The van der Waals surface area contributed by atoms with Crippen LogP contribution in [0.1, 0.15) is 11.3 Å². The Labute approximate surface area is 118 Å². The average molecular weight is 289 g/mol. The second-order valence-corrected chi connectivity index (χ2v) is 5.27. The van der Waals surface area contributed by atoms with Crippen molar-refractivity contribution >= 4 is 40.1 Å². The van der Waals surface area contributed by atoms with Crippen molar-refractivity contribution in [3.8, 4) is 0 Å². The molecule has 0 fully saturated rings. The number of halogens is 1. The normalized spacial score (nSPS) is 11.4. The summed E-state index contributed by atoms with van der Waals surface area (Å²) in [6.45, 7) is 0. The molecule has 0 amide bonds. The first-order valence-electron chi connectivity index (χ1n) is 5.63. The van der Waals surface area contributed by atoms with E-state index in [0.29, 0.717) is 15.7 Å². The summed E-state index contributed by atoms with van der Waals surface area (Å²) in [5.41, 5.74) is 1.55. The van der Waals surface area contributed by atoms with E-state index in [9.17, 15) is 4.79 Å². The highest BCUT2D eigenvalue weighted by Gasteiger charge is 2.00. The van der Waals surface area contributed by atoms with Gasteiger partial charge in [0.25, 0.3) is 5.56 Å². The first kappa shape index (κ1) is 12.1. The predicted octanol–water partition coefficient (Wildman–Crippen LogP) is 3.58. The van der Waals surface area contributed by atoms with Crippen LogP contribution < -0.4 is 5.56 Å². The van der Waals surface area contributed by atoms with E-state index in [2.05, 4.69) is 4.98 Å². The fraction of sp³-hybridized carbons (Fsp3) is 0. The largest absolute Gasteiger partial charge is 0.269 e. The van der Waals surface area contributed by atoms with Crippen LogP contribution in [0.2, 0.25) is 5.02 Å². The lowest BCUT2D eigenvalue weighted by Crippen LogP contribution is -2.11. The number of hydrogen-bond acceptors (Lipinski definition) is 3. The molecule has 0 bridgehead atoms. The molecule has 5 heteroatoms. The van der Waals surface area contributed by atoms with Gasteiger partial charge in [0.2, 0.25) is 0 Å². The van der Waals surface area contributed by atoms with E-state index < -0.39 is 0 Å². The van der Waals surface area contributed by atoms with Gasteiger partial charge in [-0.1, -0.05) is 29.8 Å². The first-order valence-corrected chi connectivity index (χ1v) is 6.89. The summed E-state index contributed by atoms with van der Waals surface area (Å²) in [7, 11) is 0. The lowest BCUT2D eigenvalue weighted by atomic mass is 10.2. The molecule has 94 valence electrons. The second-order valence-electron chi connectivity index (χ2n) is 3.96. The van der Waals surface area contributed by atoms with Crippen LogP contribution in [-0.2, 0) is 0 Å². The van der Waals surface area contributed by atoms with Crippen LogP contribution in [0.15, 0.2) is 46.7 Å². The molecule has 0 radical (unpaired) electrons. The smallest absolute Gasteiger partial charge is 0.259 e. The van der Waals surface area contributed by atoms with Crippen LogP contribution in [0.25, 0.3) is 17.1 Å². The maximum atomic E-state index is 11.8. The van der Waals surface area contributed by atoms with Crippen molar-refractivity contribution in [2.24, 2.45) is 0 Å². The number of nitrogens with zero attached hydrogens (tertiary/aromatic N) is 2. The summed E-state index contributed by atoms with van der Waals surface area (Å²) in [5.74, 6) is 0. The third-order valence-corrected chi connectivity index (χ3v) is 3.61. The van der Waals surface area contributed by atoms with E-state index >= 15 is 0 Å². The van der Waals surface area contributed by atoms with Gasteiger partial charge in [0.15, 0.2) is 4.96 Å². The van der Waals surface area contributed by atoms with Crippen molar-refractivity contribution in [1.82, 2.24) is 9.38 Å². The topological polar surface area (TPSA) is 34.4 Å². The molecule has 19 heavy (non-hydrogen) atoms. The van der Waals surface area contributed by atoms with E-state index in [0.717, 1.165) is 5.56 Å². The second kappa shape index (κ2) is 4.99. The van der Waals surface area contributed by atoms with Crippen LogP contribution >= 0.6 is 22.9 Å². The molecule has 0 aliphatic rings. The fourth-order valence-electron chi connectivity index (χ4n) is 1.74. The minimum atomic E-state index is -0.0722. The molecular weight excluding hydrogens is 280 g/mol. The molecule has 3 nitrogen and oxygen atoms in total. The first-order chi connectivity index (χ1) is 9.22. The molecule has 2 aromatic heterocycles. The van der Waals surface area contributed by atoms with E-state index in [4.69, 9.17) is 11.6 Å². The minimum absolute atomic E-state index is 0.0722. The monoisotopic (exact) mass is 288 g/mol. The summed E-state index contributed by atoms with van der Waals surface area (Å²) in [4.78, 5) is 16.9. The number of hydrogen-bond donors (Lipinski definition) is 0. The van der Waals surface area contributed by atoms with Crippen molar-refractivity contribution in [2.75, 3.05) is 0 Å². The number of thiazole rings is 1. The highest BCUT2D eigenvalue weighted by atomic mass is 35.5. The Morgan fingerprint density at radius 3 is 3.00 bits per heavy atom. The minimum Gasteiger partial charge on any atom is -0.269 e. The van der Waals surface area contributed by atoms with Gasteiger partial charge in [-0.3, -0.25) is 9.20 Å². The third kappa shape index (κ3) is 2.59. The average Bonchev–Trinajstić information content (AvgIpc) is 2.85. The van der Waals surface area contributed by atoms with Crippen LogP contribution in [0.5, 0.6) is 0 Å². The summed E-state index contributed by atoms with van der Waals surface area (Å²) in [5, 5.41) is 2.53. The van der Waals surface area contributed by atoms with E-state index in [-0.39, 0.29) is 5.56 Å². The molecule has 1 aromatic carbocycles. The standard InChI is InChI=1S/C14H9ClN2OS/c15-11-3-1-2-10(8-11)4-5-12-9-13(18)17-6-7-19-14(17)16-12/h1-9H. The van der Waals surface area contributed by atoms with Gasteiger partial charge in [-0.2, -0.15) is 0 Å². The Morgan fingerprint density at radius 1 is 1.26 bits per heavy atom. The molecule has 0 aliphatic heterocycles. The summed E-state index contributed by atoms with van der Waals surface area (Å²) in [6.07, 6.45) is 5.42. The highest BCUT2D eigenvalue weighted by Crippen LogP contribution is 2.13. The molecule has 3 rings (SSSR count). The Morgan fingerprint density at radius 2 is 2.16 bits per heavy atom. The number of benzene rings is 1. The molecule has 0 spiro atoms. The van der Waals surface area contributed by atoms with Crippen LogP contribution in [-0.4, -0.2) is 9.38 Å². The molecular formula is C14H9ClN2OS. The van der Waals surface area contributed by atoms with Gasteiger partial charge in [0, 0.05) is 22.7 Å². The van der Waals surface area contributed by atoms with Crippen molar-refractivity contribution in [2.45, 2.75) is 0 Å². The van der Waals surface area contributed by atoms with E-state index in [1.807, 2.05) is 41.8 Å². The van der Waals surface area contributed by atoms with Gasteiger partial charge < -0.3 is 0 Å². The zero-order valence-corrected chi connectivity index (χ0v) is 11.4. The lowest BCUT2D eigenvalue weighted by Gasteiger charge is -1.96. The quantitative estimate of drug-likeness (QED) is 0.722. The number of aromatic nitrogens is 2. The Hall–Kier alpha value is -1.91. The maximum Gasteiger partial charge on any atom is 0.259 e. The van der Waals surface area contributed by atoms with Crippen LogP contribution in [0.3, 0.4) is 0 Å². The van der Waals surface area contributed by atoms with Crippen molar-refractivity contribution in [3.63, 3.8) is 0 Å².